The lowest BCUT2D eigenvalue weighted by molar-refractivity contribution is 0.0690. The predicted molar refractivity (Wildman–Crippen MR) is 74.7 cm³/mol. The minimum absolute atomic E-state index is 0.102. The van der Waals surface area contributed by atoms with Crippen LogP contribution >= 0.6 is 0 Å². The zero-order chi connectivity index (χ0) is 13.8. The van der Waals surface area contributed by atoms with Crippen molar-refractivity contribution in [2.24, 2.45) is 5.92 Å². The summed E-state index contributed by atoms with van der Waals surface area (Å²) in [6.07, 6.45) is 2.46. The summed E-state index contributed by atoms with van der Waals surface area (Å²) in [5, 5.41) is 8.96. The van der Waals surface area contributed by atoms with E-state index in [9.17, 15) is 4.79 Å². The van der Waals surface area contributed by atoms with Gasteiger partial charge in [0.15, 0.2) is 5.69 Å². The number of aromatic carboxylic acids is 1. The molecule has 1 aliphatic rings. The molecule has 1 atom stereocenters. The quantitative estimate of drug-likeness (QED) is 0.893. The number of aromatic nitrogens is 1. The molecule has 0 aromatic carbocycles. The van der Waals surface area contributed by atoms with Crippen LogP contribution in [0.5, 0.6) is 0 Å². The van der Waals surface area contributed by atoms with Crippen molar-refractivity contribution in [3.63, 3.8) is 0 Å². The third kappa shape index (κ3) is 3.67. The molecule has 0 amide bonds. The molecule has 1 unspecified atom stereocenters. The molecular formula is C14H21N3O2. The molecule has 1 fully saturated rings. The molecule has 1 aromatic rings. The van der Waals surface area contributed by atoms with Gasteiger partial charge in [-0.25, -0.2) is 9.78 Å². The Labute approximate surface area is 113 Å². The standard InChI is InChI=1S/C14H21N3O2/c1-16-8-4-5-11(9-16)10-17(2)13-7-3-6-12(15-13)14(18)19/h3,6-7,11H,4-5,8-10H2,1-2H3,(H,18,19). The Hall–Kier alpha value is -1.62. The van der Waals surface area contributed by atoms with E-state index in [0.717, 1.165) is 18.9 Å². The number of pyridine rings is 1. The molecule has 0 aliphatic carbocycles. The second kappa shape index (κ2) is 6.02. The molecule has 5 heteroatoms. The number of piperidine rings is 1. The Morgan fingerprint density at radius 3 is 3.05 bits per heavy atom. The van der Waals surface area contributed by atoms with Crippen molar-refractivity contribution in [3.05, 3.63) is 23.9 Å². The largest absolute Gasteiger partial charge is 0.477 e. The third-order valence-electron chi connectivity index (χ3n) is 3.60. The summed E-state index contributed by atoms with van der Waals surface area (Å²) in [6, 6.07) is 5.13. The van der Waals surface area contributed by atoms with E-state index in [2.05, 4.69) is 21.8 Å². The lowest BCUT2D eigenvalue weighted by Crippen LogP contribution is -2.38. The summed E-state index contributed by atoms with van der Waals surface area (Å²) in [7, 11) is 4.12. The van der Waals surface area contributed by atoms with E-state index >= 15 is 0 Å². The molecule has 1 aromatic heterocycles. The zero-order valence-corrected chi connectivity index (χ0v) is 11.5. The second-order valence-corrected chi connectivity index (χ2v) is 5.34. The third-order valence-corrected chi connectivity index (χ3v) is 3.60. The van der Waals surface area contributed by atoms with Crippen LogP contribution in [-0.2, 0) is 0 Å². The average molecular weight is 263 g/mol. The van der Waals surface area contributed by atoms with Crippen LogP contribution in [0.15, 0.2) is 18.2 Å². The number of rotatable bonds is 4. The van der Waals surface area contributed by atoms with Crippen LogP contribution in [-0.4, -0.2) is 54.7 Å². The number of likely N-dealkylation sites (tertiary alicyclic amines) is 1. The maximum atomic E-state index is 10.9. The van der Waals surface area contributed by atoms with Gasteiger partial charge in [0.2, 0.25) is 0 Å². The second-order valence-electron chi connectivity index (χ2n) is 5.34. The lowest BCUT2D eigenvalue weighted by atomic mass is 9.98. The normalized spacial score (nSPS) is 20.2. The highest BCUT2D eigenvalue weighted by Gasteiger charge is 2.19. The Kier molecular flexibility index (Phi) is 4.37. The van der Waals surface area contributed by atoms with E-state index in [-0.39, 0.29) is 5.69 Å². The summed E-state index contributed by atoms with van der Waals surface area (Å²) in [4.78, 5) is 19.5. The predicted octanol–water partition coefficient (Wildman–Crippen LogP) is 1.56. The van der Waals surface area contributed by atoms with Crippen molar-refractivity contribution in [3.8, 4) is 0 Å². The van der Waals surface area contributed by atoms with Crippen LogP contribution in [0.4, 0.5) is 5.82 Å². The van der Waals surface area contributed by atoms with Gasteiger partial charge in [0, 0.05) is 20.1 Å². The first kappa shape index (κ1) is 13.8. The summed E-state index contributed by atoms with van der Waals surface area (Å²) >= 11 is 0. The average Bonchev–Trinajstić information content (AvgIpc) is 2.39. The van der Waals surface area contributed by atoms with E-state index in [1.807, 2.05) is 13.1 Å². The van der Waals surface area contributed by atoms with Crippen LogP contribution in [0.2, 0.25) is 0 Å². The molecular weight excluding hydrogens is 242 g/mol. The molecule has 0 bridgehead atoms. The van der Waals surface area contributed by atoms with Gasteiger partial charge in [0.1, 0.15) is 5.82 Å². The van der Waals surface area contributed by atoms with Gasteiger partial charge in [0.25, 0.3) is 0 Å². The van der Waals surface area contributed by atoms with Gasteiger partial charge in [-0.2, -0.15) is 0 Å². The maximum Gasteiger partial charge on any atom is 0.354 e. The molecule has 0 spiro atoms. The van der Waals surface area contributed by atoms with Crippen LogP contribution in [0.3, 0.4) is 0 Å². The molecule has 2 heterocycles. The molecule has 1 saturated heterocycles. The molecule has 0 saturated carbocycles. The van der Waals surface area contributed by atoms with Crippen molar-refractivity contribution in [2.45, 2.75) is 12.8 Å². The smallest absolute Gasteiger partial charge is 0.354 e. The first-order chi connectivity index (χ1) is 9.06. The number of carboxylic acids is 1. The Morgan fingerprint density at radius 2 is 2.37 bits per heavy atom. The van der Waals surface area contributed by atoms with Crippen molar-refractivity contribution in [1.29, 1.82) is 0 Å². The zero-order valence-electron chi connectivity index (χ0n) is 11.5. The van der Waals surface area contributed by atoms with Crippen LogP contribution in [0, 0.1) is 5.92 Å². The van der Waals surface area contributed by atoms with Crippen molar-refractivity contribution in [1.82, 2.24) is 9.88 Å². The first-order valence-corrected chi connectivity index (χ1v) is 6.66. The van der Waals surface area contributed by atoms with Gasteiger partial charge < -0.3 is 14.9 Å². The number of hydrogen-bond donors (Lipinski definition) is 1. The molecule has 0 radical (unpaired) electrons. The fraction of sp³-hybridized carbons (Fsp3) is 0.571. The minimum atomic E-state index is -0.979. The van der Waals surface area contributed by atoms with Crippen molar-refractivity contribution >= 4 is 11.8 Å². The Balaban J connectivity index is 2.01. The molecule has 1 aliphatic heterocycles. The minimum Gasteiger partial charge on any atom is -0.477 e. The summed E-state index contributed by atoms with van der Waals surface area (Å²) in [6.45, 7) is 3.19. The van der Waals surface area contributed by atoms with Gasteiger partial charge in [0.05, 0.1) is 0 Å². The van der Waals surface area contributed by atoms with Gasteiger partial charge in [-0.15, -0.1) is 0 Å². The van der Waals surface area contributed by atoms with E-state index in [1.165, 1.54) is 25.5 Å². The Morgan fingerprint density at radius 1 is 1.58 bits per heavy atom. The summed E-state index contributed by atoms with van der Waals surface area (Å²) in [5.41, 5.74) is 0.102. The highest BCUT2D eigenvalue weighted by Crippen LogP contribution is 2.18. The highest BCUT2D eigenvalue weighted by molar-refractivity contribution is 5.85. The van der Waals surface area contributed by atoms with E-state index < -0.39 is 5.97 Å². The first-order valence-electron chi connectivity index (χ1n) is 6.66. The van der Waals surface area contributed by atoms with Gasteiger partial charge in [-0.1, -0.05) is 6.07 Å². The SMILES string of the molecule is CN1CCCC(CN(C)c2cccc(C(=O)O)n2)C1. The summed E-state index contributed by atoms with van der Waals surface area (Å²) < 4.78 is 0. The van der Waals surface area contributed by atoms with E-state index in [1.54, 1.807) is 6.07 Å². The van der Waals surface area contributed by atoms with Gasteiger partial charge in [-0.3, -0.25) is 0 Å². The van der Waals surface area contributed by atoms with Crippen LogP contribution in [0.1, 0.15) is 23.3 Å². The molecule has 5 nitrogen and oxygen atoms in total. The highest BCUT2D eigenvalue weighted by atomic mass is 16.4. The van der Waals surface area contributed by atoms with Crippen molar-refractivity contribution in [2.75, 3.05) is 38.6 Å². The fourth-order valence-electron chi connectivity index (χ4n) is 2.66. The number of carboxylic acid groups (broad SMARTS) is 1. The van der Waals surface area contributed by atoms with Crippen LogP contribution < -0.4 is 4.90 Å². The topological polar surface area (TPSA) is 56.7 Å². The number of anilines is 1. The summed E-state index contributed by atoms with van der Waals surface area (Å²) in [5.74, 6) is 0.375. The monoisotopic (exact) mass is 263 g/mol. The van der Waals surface area contributed by atoms with Gasteiger partial charge in [-0.05, 0) is 44.5 Å². The number of carbonyl (C=O) groups is 1. The number of nitrogens with zero attached hydrogens (tertiary/aromatic N) is 3. The van der Waals surface area contributed by atoms with Crippen LogP contribution in [0.25, 0.3) is 0 Å². The molecule has 104 valence electrons. The van der Waals surface area contributed by atoms with E-state index in [0.29, 0.717) is 5.92 Å². The fourth-order valence-corrected chi connectivity index (χ4v) is 2.66. The van der Waals surface area contributed by atoms with E-state index in [4.69, 9.17) is 5.11 Å². The molecule has 19 heavy (non-hydrogen) atoms. The lowest BCUT2D eigenvalue weighted by Gasteiger charge is -2.32. The Bertz CT molecular complexity index is 450. The van der Waals surface area contributed by atoms with Crippen molar-refractivity contribution < 1.29 is 9.90 Å². The number of hydrogen-bond acceptors (Lipinski definition) is 4. The maximum absolute atomic E-state index is 10.9. The molecule has 2 rings (SSSR count). The molecule has 1 N–H and O–H groups in total. The van der Waals surface area contributed by atoms with Gasteiger partial charge >= 0.3 is 5.97 Å².